The van der Waals surface area contributed by atoms with Gasteiger partial charge in [-0.15, -0.1) is 0 Å². The zero-order valence-electron chi connectivity index (χ0n) is 24.1. The summed E-state index contributed by atoms with van der Waals surface area (Å²) in [6, 6.07) is 11.0. The molecule has 12 heteroatoms. The molecular weight excluding hydrogens is 964 g/mol. The van der Waals surface area contributed by atoms with E-state index in [0.29, 0.717) is 44.7 Å². The molecule has 2 atom stereocenters. The molecule has 0 fully saturated rings. The molecule has 2 N–H and O–H groups in total. The molecular formula is C32H28F6Hg2O4. The van der Waals surface area contributed by atoms with Crippen LogP contribution in [-0.4, -0.2) is 37.9 Å². The number of para-hydroxylation sites is 1. The summed E-state index contributed by atoms with van der Waals surface area (Å²) in [5.74, 6) is -0.128. The molecule has 0 aromatic heterocycles. The number of methoxy groups -OCH3 is 2. The van der Waals surface area contributed by atoms with Gasteiger partial charge in [-0.1, -0.05) is 0 Å². The van der Waals surface area contributed by atoms with E-state index in [0.717, 1.165) is 0 Å². The third-order valence-corrected chi connectivity index (χ3v) is 17.6. The van der Waals surface area contributed by atoms with Gasteiger partial charge in [0.25, 0.3) is 0 Å². The van der Waals surface area contributed by atoms with Crippen molar-refractivity contribution >= 4 is 6.14 Å². The number of rotatable bonds is 4. The Morgan fingerprint density at radius 1 is 0.727 bits per heavy atom. The van der Waals surface area contributed by atoms with Crippen LogP contribution in [0.25, 0.3) is 0 Å². The molecule has 0 spiro atoms. The summed E-state index contributed by atoms with van der Waals surface area (Å²) < 4.78 is 85.2. The van der Waals surface area contributed by atoms with E-state index in [1.165, 1.54) is 38.5 Å². The Morgan fingerprint density at radius 3 is 1.73 bits per heavy atom. The third-order valence-electron chi connectivity index (χ3n) is 8.14. The van der Waals surface area contributed by atoms with Crippen LogP contribution >= 0.6 is 0 Å². The molecule has 0 heterocycles. The summed E-state index contributed by atoms with van der Waals surface area (Å²) in [7, 11) is 2.93. The maximum absolute atomic E-state index is 13.6. The monoisotopic (exact) mass is 994 g/mol. The first-order valence-corrected chi connectivity index (χ1v) is 25.1. The van der Waals surface area contributed by atoms with Crippen LogP contribution in [0.2, 0.25) is 0 Å². The second-order valence-corrected chi connectivity index (χ2v) is 26.7. The van der Waals surface area contributed by atoms with Gasteiger partial charge in [-0.05, 0) is 0 Å². The zero-order chi connectivity index (χ0) is 31.8. The first kappa shape index (κ1) is 33.3. The predicted molar refractivity (Wildman–Crippen MR) is 145 cm³/mol. The van der Waals surface area contributed by atoms with Crippen molar-refractivity contribution in [2.45, 2.75) is 39.2 Å². The molecule has 0 saturated heterocycles. The Hall–Kier alpha value is -2.05. The third kappa shape index (κ3) is 7.84. The Labute approximate surface area is 275 Å². The van der Waals surface area contributed by atoms with Crippen LogP contribution in [0.5, 0.6) is 17.2 Å². The van der Waals surface area contributed by atoms with E-state index in [-0.39, 0.29) is 49.2 Å². The molecule has 226 valence electrons. The van der Waals surface area contributed by atoms with Crippen LogP contribution in [0.15, 0.2) is 66.3 Å². The number of fused-ring (bicyclic) bond motifs is 8. The summed E-state index contributed by atoms with van der Waals surface area (Å²) in [6.07, 6.45) is 5.32. The number of hydrogen-bond donors (Lipinski definition) is 2. The number of hydrogen-bond acceptors (Lipinski definition) is 4. The molecule has 0 saturated carbocycles. The predicted octanol–water partition coefficient (Wildman–Crippen LogP) is 5.97. The average molecular weight is 992 g/mol. The van der Waals surface area contributed by atoms with Crippen molar-refractivity contribution in [2.75, 3.05) is 14.2 Å². The number of allylic oxidation sites excluding steroid dienone is 2. The van der Waals surface area contributed by atoms with E-state index in [1.54, 1.807) is 30.4 Å². The number of phenols is 2. The Balaban J connectivity index is 1.72. The van der Waals surface area contributed by atoms with E-state index in [9.17, 15) is 36.6 Å². The molecule has 3 aromatic rings. The zero-order valence-corrected chi connectivity index (χ0v) is 35.1. The fourth-order valence-corrected chi connectivity index (χ4v) is 15.4. The molecule has 5 rings (SSSR count). The van der Waals surface area contributed by atoms with Gasteiger partial charge < -0.3 is 0 Å². The minimum atomic E-state index is -4.24. The van der Waals surface area contributed by atoms with Gasteiger partial charge in [-0.3, -0.25) is 0 Å². The van der Waals surface area contributed by atoms with Crippen LogP contribution in [0, 0.1) is 5.92 Å². The normalized spacial score (nSPS) is 18.2. The molecule has 8 bridgehead atoms. The second kappa shape index (κ2) is 13.4. The van der Waals surface area contributed by atoms with Crippen molar-refractivity contribution in [1.82, 2.24) is 0 Å². The molecule has 0 radical (unpaired) electrons. The van der Waals surface area contributed by atoms with Gasteiger partial charge in [-0.25, -0.2) is 0 Å². The molecule has 2 aliphatic rings. The summed E-state index contributed by atoms with van der Waals surface area (Å²) in [5, 5.41) is 22.8. The average Bonchev–Trinajstić information content (AvgIpc) is 2.92. The summed E-state index contributed by atoms with van der Waals surface area (Å²) in [5.41, 5.74) is 3.34. The number of phenolic OH excluding ortho intramolecular Hbond substituents is 2. The van der Waals surface area contributed by atoms with E-state index in [1.807, 2.05) is 6.08 Å². The fourth-order valence-electron chi connectivity index (χ4n) is 6.41. The Morgan fingerprint density at radius 2 is 1.23 bits per heavy atom. The van der Waals surface area contributed by atoms with E-state index >= 15 is 0 Å². The van der Waals surface area contributed by atoms with Gasteiger partial charge in [0.15, 0.2) is 0 Å². The summed E-state index contributed by atoms with van der Waals surface area (Å²) in [6.45, 7) is 0. The van der Waals surface area contributed by atoms with Crippen molar-refractivity contribution in [3.63, 3.8) is 0 Å². The molecule has 0 unspecified atom stereocenters. The van der Waals surface area contributed by atoms with Crippen LogP contribution in [0.1, 0.15) is 33.4 Å². The standard InChI is InChI=1S/C30H28O4.2CF3.2Hg/c1-33-29-23-11-5-12-24(29)16-20-8-4-10-22(28(20)32)18-26-14-6-13-25(30(26)34-2)17-21-9-3-7-19(15-23)27(21)31;2*2-1(3)4;;/h5-14,23,29,31-32H,15-18H2,1-2H3;;;;/t23-,29+;;;;/m0..../s1. The minimum absolute atomic E-state index is 0.0733. The topological polar surface area (TPSA) is 58.9 Å². The Bertz CT molecular complexity index is 1610. The summed E-state index contributed by atoms with van der Waals surface area (Å²) in [4.78, 5) is 0. The Kier molecular flexibility index (Phi) is 10.1. The van der Waals surface area contributed by atoms with Gasteiger partial charge >= 0.3 is 278 Å². The summed E-state index contributed by atoms with van der Waals surface area (Å²) >= 11 is -7.16. The molecule has 0 amide bonds. The van der Waals surface area contributed by atoms with Crippen molar-refractivity contribution in [2.24, 2.45) is 5.92 Å². The molecule has 2 aliphatic carbocycles. The van der Waals surface area contributed by atoms with Gasteiger partial charge in [0, 0.05) is 0 Å². The number of benzene rings is 3. The van der Waals surface area contributed by atoms with Crippen molar-refractivity contribution in [1.29, 1.82) is 0 Å². The molecule has 0 aliphatic heterocycles. The van der Waals surface area contributed by atoms with E-state index in [4.69, 9.17) is 9.47 Å². The maximum atomic E-state index is 13.6. The van der Waals surface area contributed by atoms with Gasteiger partial charge in [0.05, 0.1) is 0 Å². The number of halogens is 6. The van der Waals surface area contributed by atoms with E-state index in [2.05, 4.69) is 0 Å². The van der Waals surface area contributed by atoms with Crippen LogP contribution in [-0.2, 0) is 79.6 Å². The number of ether oxygens (including phenoxy) is 2. The van der Waals surface area contributed by atoms with Crippen LogP contribution in [0.4, 0.5) is 26.3 Å². The van der Waals surface area contributed by atoms with Crippen LogP contribution in [0.3, 0.4) is 0 Å². The van der Waals surface area contributed by atoms with Crippen molar-refractivity contribution in [3.05, 3.63) is 99.6 Å². The van der Waals surface area contributed by atoms with Gasteiger partial charge in [0.2, 0.25) is 0 Å². The van der Waals surface area contributed by atoms with E-state index < -0.39 is 62.6 Å². The van der Waals surface area contributed by atoms with Gasteiger partial charge in [-0.2, -0.15) is 0 Å². The second-order valence-electron chi connectivity index (χ2n) is 11.4. The molecule has 44 heavy (non-hydrogen) atoms. The number of alkyl halides is 6. The quantitative estimate of drug-likeness (QED) is 0.250. The van der Waals surface area contributed by atoms with Crippen LogP contribution < -0.4 is 10.9 Å². The number of aromatic hydroxyl groups is 2. The van der Waals surface area contributed by atoms with Crippen molar-refractivity contribution in [3.8, 4) is 17.2 Å². The molecule has 4 nitrogen and oxygen atoms in total. The molecule has 3 aromatic carbocycles. The fraction of sp³-hybridized carbons (Fsp3) is 0.312. The first-order chi connectivity index (χ1) is 20.7. The van der Waals surface area contributed by atoms with Crippen molar-refractivity contribution < 1.29 is 95.2 Å². The SMILES string of the molecule is COc1c2cccc1Cc1c[c]([Hg][C](F)(F)F)cc(c1O)C[C@@H]1C=CC=C(Cc3c[c]([Hg][C](F)(F)F)cc(c3O)C2)[C@@H]1OC. The van der Waals surface area contributed by atoms with Gasteiger partial charge in [0.1, 0.15) is 0 Å². The first-order valence-electron chi connectivity index (χ1n) is 14.1.